The molecule has 210 valence electrons. The monoisotopic (exact) mass is 542 g/mol. The largest absolute Gasteiger partial charge is 0.466 e. The summed E-state index contributed by atoms with van der Waals surface area (Å²) in [5.41, 5.74) is 2.51. The first-order chi connectivity index (χ1) is 17.8. The second-order valence-corrected chi connectivity index (χ2v) is 18.1. The fraction of sp³-hybridized carbons (Fsp3) is 0.562. The predicted octanol–water partition coefficient (Wildman–Crippen LogP) is 8.46. The van der Waals surface area contributed by atoms with Crippen molar-refractivity contribution in [3.8, 4) is 11.1 Å². The third-order valence-corrected chi connectivity index (χ3v) is 8.26. The van der Waals surface area contributed by atoms with Gasteiger partial charge in [0.05, 0.1) is 18.4 Å². The molecule has 6 heteroatoms. The first kappa shape index (κ1) is 31.7. The fourth-order valence-electron chi connectivity index (χ4n) is 4.27. The number of esters is 2. The summed E-state index contributed by atoms with van der Waals surface area (Å²) < 4.78 is 24.7. The summed E-state index contributed by atoms with van der Waals surface area (Å²) in [7, 11) is -1.33. The highest BCUT2D eigenvalue weighted by molar-refractivity contribution is 6.76. The third kappa shape index (κ3) is 11.9. The number of carbonyl (C=O) groups excluding carboxylic acids is 2. The summed E-state index contributed by atoms with van der Waals surface area (Å²) in [5, 5.41) is 0. The van der Waals surface area contributed by atoms with Gasteiger partial charge in [0.2, 0.25) is 0 Å². The lowest BCUT2D eigenvalue weighted by Crippen LogP contribution is -2.32. The van der Waals surface area contributed by atoms with Crippen molar-refractivity contribution in [3.63, 3.8) is 0 Å². The Hall–Kier alpha value is -2.47. The maximum Gasteiger partial charge on any atom is 0.309 e. The Morgan fingerprint density at radius 3 is 1.95 bits per heavy atom. The van der Waals surface area contributed by atoms with Crippen molar-refractivity contribution in [2.24, 2.45) is 11.8 Å². The average Bonchev–Trinajstić information content (AvgIpc) is 2.82. The maximum atomic E-state index is 13.3. The lowest BCUT2D eigenvalue weighted by Gasteiger charge is -2.26. The minimum atomic E-state index is -1.33. The van der Waals surface area contributed by atoms with Crippen LogP contribution in [0.1, 0.15) is 65.4 Å². The molecular weight excluding hydrogens is 495 g/mol. The second-order valence-electron chi connectivity index (χ2n) is 12.5. The number of aryl methyl sites for hydroxylation is 1. The van der Waals surface area contributed by atoms with Crippen LogP contribution in [-0.4, -0.2) is 32.2 Å². The smallest absolute Gasteiger partial charge is 0.309 e. The molecule has 2 atom stereocenters. The zero-order valence-corrected chi connectivity index (χ0v) is 25.4. The van der Waals surface area contributed by atoms with Crippen molar-refractivity contribution in [1.82, 2.24) is 0 Å². The first-order valence-electron chi connectivity index (χ1n) is 14.0. The van der Waals surface area contributed by atoms with E-state index in [4.69, 9.17) is 9.47 Å². The van der Waals surface area contributed by atoms with E-state index in [0.29, 0.717) is 32.3 Å². The lowest BCUT2D eigenvalue weighted by molar-refractivity contribution is -0.162. The van der Waals surface area contributed by atoms with Crippen LogP contribution in [0.5, 0.6) is 0 Å². The number of halogens is 1. The van der Waals surface area contributed by atoms with Crippen molar-refractivity contribution in [1.29, 1.82) is 0 Å². The molecule has 0 aliphatic heterocycles. The maximum absolute atomic E-state index is 13.3. The molecule has 0 heterocycles. The summed E-state index contributed by atoms with van der Waals surface area (Å²) in [4.78, 5) is 26.3. The molecule has 38 heavy (non-hydrogen) atoms. The molecule has 0 unspecified atom stereocenters. The number of ether oxygens (including phenoxy) is 2. The van der Waals surface area contributed by atoms with Gasteiger partial charge >= 0.3 is 11.9 Å². The van der Waals surface area contributed by atoms with E-state index < -0.39 is 13.7 Å². The Morgan fingerprint density at radius 1 is 0.868 bits per heavy atom. The second kappa shape index (κ2) is 14.6. The number of carbonyl (C=O) groups is 2. The molecule has 0 aromatic heterocycles. The van der Waals surface area contributed by atoms with Gasteiger partial charge in [0.15, 0.2) is 0 Å². The van der Waals surface area contributed by atoms with Crippen LogP contribution in [0.4, 0.5) is 4.39 Å². The standard InChI is InChI=1S/C32H47FO4Si/c1-8-9-10-27(31(35)37-32(2,3)4)23-28(30(34)36-21-22-38(5,6)7)16-13-24-11-14-25(15-12-24)26-17-19-29(33)20-18-26/h11-12,14-15,17-20,27-28H,8-10,13,16,21-23H2,1-7H3/t27-,28-/m0/s1. The summed E-state index contributed by atoms with van der Waals surface area (Å²) in [6, 6.07) is 15.5. The number of hydrogen-bond donors (Lipinski definition) is 0. The van der Waals surface area contributed by atoms with Gasteiger partial charge in [0, 0.05) is 8.07 Å². The molecule has 4 nitrogen and oxygen atoms in total. The molecule has 0 spiro atoms. The molecule has 0 saturated carbocycles. The van der Waals surface area contributed by atoms with Gasteiger partial charge in [-0.3, -0.25) is 9.59 Å². The van der Waals surface area contributed by atoms with Gasteiger partial charge in [-0.2, -0.15) is 0 Å². The Morgan fingerprint density at radius 2 is 1.42 bits per heavy atom. The van der Waals surface area contributed by atoms with Gasteiger partial charge in [-0.25, -0.2) is 4.39 Å². The summed E-state index contributed by atoms with van der Waals surface area (Å²) in [5.74, 6) is -1.39. The van der Waals surface area contributed by atoms with Crippen LogP contribution in [0.2, 0.25) is 25.7 Å². The van der Waals surface area contributed by atoms with E-state index in [0.717, 1.165) is 35.6 Å². The summed E-state index contributed by atoms with van der Waals surface area (Å²) in [6.07, 6.45) is 4.33. The number of unbranched alkanes of at least 4 members (excludes halogenated alkanes) is 1. The van der Waals surface area contributed by atoms with Crippen molar-refractivity contribution >= 4 is 20.0 Å². The minimum Gasteiger partial charge on any atom is -0.466 e. The Bertz CT molecular complexity index is 1000. The van der Waals surface area contributed by atoms with Crippen LogP contribution in [-0.2, 0) is 25.5 Å². The Balaban J connectivity index is 2.15. The van der Waals surface area contributed by atoms with E-state index in [1.54, 1.807) is 12.1 Å². The van der Waals surface area contributed by atoms with Crippen LogP contribution in [0, 0.1) is 17.7 Å². The molecule has 2 rings (SSSR count). The molecule has 0 saturated heterocycles. The summed E-state index contributed by atoms with van der Waals surface area (Å²) in [6.45, 7) is 14.9. The van der Waals surface area contributed by atoms with E-state index in [1.165, 1.54) is 12.1 Å². The van der Waals surface area contributed by atoms with Crippen LogP contribution >= 0.6 is 0 Å². The van der Waals surface area contributed by atoms with Gasteiger partial charge < -0.3 is 9.47 Å². The number of hydrogen-bond acceptors (Lipinski definition) is 4. The van der Waals surface area contributed by atoms with E-state index in [1.807, 2.05) is 32.9 Å². The summed E-state index contributed by atoms with van der Waals surface area (Å²) >= 11 is 0. The average molecular weight is 543 g/mol. The van der Waals surface area contributed by atoms with Gasteiger partial charge in [-0.1, -0.05) is 75.8 Å². The SMILES string of the molecule is CCCC[C@@H](C[C@H](CCc1ccc(-c2ccc(F)cc2)cc1)C(=O)OCC[Si](C)(C)C)C(=O)OC(C)(C)C. The molecule has 0 radical (unpaired) electrons. The molecule has 0 fully saturated rings. The zero-order valence-electron chi connectivity index (χ0n) is 24.4. The normalized spacial score (nSPS) is 13.6. The van der Waals surface area contributed by atoms with Crippen LogP contribution in [0.15, 0.2) is 48.5 Å². The van der Waals surface area contributed by atoms with Gasteiger partial charge in [0.1, 0.15) is 11.4 Å². The predicted molar refractivity (Wildman–Crippen MR) is 156 cm³/mol. The third-order valence-electron chi connectivity index (χ3n) is 6.56. The Kier molecular flexibility index (Phi) is 12.2. The molecule has 0 N–H and O–H groups in total. The van der Waals surface area contributed by atoms with Crippen molar-refractivity contribution in [3.05, 3.63) is 59.9 Å². The van der Waals surface area contributed by atoms with Crippen molar-refractivity contribution < 1.29 is 23.5 Å². The molecule has 0 aliphatic rings. The fourth-order valence-corrected chi connectivity index (χ4v) is 4.98. The highest BCUT2D eigenvalue weighted by Gasteiger charge is 2.31. The van der Waals surface area contributed by atoms with Crippen LogP contribution < -0.4 is 0 Å². The quantitative estimate of drug-likeness (QED) is 0.177. The lowest BCUT2D eigenvalue weighted by atomic mass is 9.86. The molecule has 2 aromatic rings. The van der Waals surface area contributed by atoms with Crippen LogP contribution in [0.25, 0.3) is 11.1 Å². The molecular formula is C32H47FO4Si. The topological polar surface area (TPSA) is 52.6 Å². The number of rotatable bonds is 14. The molecule has 2 aromatic carbocycles. The number of benzene rings is 2. The van der Waals surface area contributed by atoms with E-state index in [2.05, 4.69) is 38.7 Å². The highest BCUT2D eigenvalue weighted by atomic mass is 28.3. The van der Waals surface area contributed by atoms with Gasteiger partial charge in [-0.05, 0) is 81.3 Å². The highest BCUT2D eigenvalue weighted by Crippen LogP contribution is 2.28. The van der Waals surface area contributed by atoms with Gasteiger partial charge in [-0.15, -0.1) is 0 Å². The molecule has 0 aliphatic carbocycles. The molecule has 0 amide bonds. The first-order valence-corrected chi connectivity index (χ1v) is 17.7. The van der Waals surface area contributed by atoms with Crippen LogP contribution in [0.3, 0.4) is 0 Å². The van der Waals surface area contributed by atoms with Crippen molar-refractivity contribution in [2.45, 2.75) is 97.5 Å². The van der Waals surface area contributed by atoms with E-state index in [9.17, 15) is 14.0 Å². The Labute approximate surface area is 230 Å². The minimum absolute atomic E-state index is 0.212. The van der Waals surface area contributed by atoms with E-state index in [-0.39, 0.29) is 29.6 Å². The van der Waals surface area contributed by atoms with Crippen molar-refractivity contribution in [2.75, 3.05) is 6.61 Å². The van der Waals surface area contributed by atoms with Gasteiger partial charge in [0.25, 0.3) is 0 Å². The molecule has 0 bridgehead atoms. The van der Waals surface area contributed by atoms with E-state index >= 15 is 0 Å². The zero-order chi connectivity index (χ0) is 28.3.